The summed E-state index contributed by atoms with van der Waals surface area (Å²) in [6.45, 7) is 4.68. The van der Waals surface area contributed by atoms with Crippen LogP contribution in [0.1, 0.15) is 25.0 Å². The maximum absolute atomic E-state index is 12.6. The van der Waals surface area contributed by atoms with Gasteiger partial charge in [0.1, 0.15) is 0 Å². The van der Waals surface area contributed by atoms with Crippen LogP contribution in [0.3, 0.4) is 0 Å². The molecule has 0 aromatic heterocycles. The van der Waals surface area contributed by atoms with E-state index in [4.69, 9.17) is 18.0 Å². The summed E-state index contributed by atoms with van der Waals surface area (Å²) in [5, 5.41) is 0. The molecule has 0 aliphatic heterocycles. The smallest absolute Gasteiger partial charge is 0.392 e. The van der Waals surface area contributed by atoms with Crippen LogP contribution in [0.5, 0.6) is 0 Å². The number of benzene rings is 1. The van der Waals surface area contributed by atoms with Crippen LogP contribution in [-0.2, 0) is 12.7 Å². The van der Waals surface area contributed by atoms with Crippen molar-refractivity contribution in [1.29, 1.82) is 0 Å². The molecule has 0 saturated carbocycles. The normalized spacial score (nSPS) is 12.2. The first kappa shape index (κ1) is 15.9. The van der Waals surface area contributed by atoms with Gasteiger partial charge in [-0.3, -0.25) is 4.90 Å². The topological polar surface area (TPSA) is 29.3 Å². The molecule has 0 aliphatic rings. The Morgan fingerprint density at radius 1 is 1.37 bits per heavy atom. The molecule has 0 amide bonds. The maximum Gasteiger partial charge on any atom is 0.416 e. The number of thiocarbonyl (C=S) groups is 1. The molecule has 0 saturated heterocycles. The molecule has 1 rings (SSSR count). The lowest BCUT2D eigenvalue weighted by Gasteiger charge is -2.26. The van der Waals surface area contributed by atoms with Crippen molar-refractivity contribution < 1.29 is 13.2 Å². The average Bonchev–Trinajstić information content (AvgIpc) is 2.26. The van der Waals surface area contributed by atoms with E-state index in [2.05, 4.69) is 0 Å². The molecular weight excluding hydrogens is 273 g/mol. The Hall–Kier alpha value is -1.14. The summed E-state index contributed by atoms with van der Waals surface area (Å²) in [5.74, 6) is 0. The second kappa shape index (κ2) is 6.34. The van der Waals surface area contributed by atoms with E-state index in [9.17, 15) is 13.2 Å². The summed E-state index contributed by atoms with van der Waals surface area (Å²) in [5.41, 5.74) is 5.46. The first-order chi connectivity index (χ1) is 8.70. The van der Waals surface area contributed by atoms with Gasteiger partial charge in [0, 0.05) is 19.1 Å². The van der Waals surface area contributed by atoms with Gasteiger partial charge in [0.15, 0.2) is 0 Å². The van der Waals surface area contributed by atoms with E-state index in [1.165, 1.54) is 6.07 Å². The van der Waals surface area contributed by atoms with Gasteiger partial charge >= 0.3 is 6.18 Å². The molecular formula is C13H17F3N2S. The van der Waals surface area contributed by atoms with Gasteiger partial charge in [-0.15, -0.1) is 0 Å². The molecule has 0 bridgehead atoms. The molecule has 1 aromatic rings. The fourth-order valence-electron chi connectivity index (χ4n) is 1.70. The van der Waals surface area contributed by atoms with Gasteiger partial charge in [0.05, 0.1) is 10.6 Å². The Morgan fingerprint density at radius 2 is 2.00 bits per heavy atom. The number of nitrogens with zero attached hydrogens (tertiary/aromatic N) is 1. The molecule has 0 heterocycles. The van der Waals surface area contributed by atoms with Crippen LogP contribution in [0.15, 0.2) is 24.3 Å². The van der Waals surface area contributed by atoms with Gasteiger partial charge in [-0.1, -0.05) is 30.4 Å². The summed E-state index contributed by atoms with van der Waals surface area (Å²) >= 11 is 4.85. The van der Waals surface area contributed by atoms with Gasteiger partial charge < -0.3 is 5.73 Å². The standard InChI is InChI=1S/C13H17F3N2S/c1-9(2)18(8-12(17)19)7-10-4-3-5-11(6-10)13(14,15)16/h3-6,9H,7-8H2,1-2H3,(H2,17,19). The number of rotatable bonds is 5. The molecule has 0 radical (unpaired) electrons. The van der Waals surface area contributed by atoms with E-state index in [0.29, 0.717) is 23.6 Å². The Kier molecular flexibility index (Phi) is 5.31. The van der Waals surface area contributed by atoms with Gasteiger partial charge in [0.25, 0.3) is 0 Å². The monoisotopic (exact) mass is 290 g/mol. The molecule has 6 heteroatoms. The van der Waals surface area contributed by atoms with Crippen molar-refractivity contribution in [2.24, 2.45) is 5.73 Å². The van der Waals surface area contributed by atoms with Gasteiger partial charge in [-0.25, -0.2) is 0 Å². The third-order valence-electron chi connectivity index (χ3n) is 2.73. The summed E-state index contributed by atoms with van der Waals surface area (Å²) in [4.78, 5) is 2.26. The molecule has 19 heavy (non-hydrogen) atoms. The van der Waals surface area contributed by atoms with E-state index in [1.807, 2.05) is 18.7 Å². The first-order valence-electron chi connectivity index (χ1n) is 5.88. The molecule has 106 valence electrons. The summed E-state index contributed by atoms with van der Waals surface area (Å²) in [6.07, 6.45) is -4.32. The second-order valence-electron chi connectivity index (χ2n) is 4.66. The zero-order valence-corrected chi connectivity index (χ0v) is 11.7. The number of hydrogen-bond acceptors (Lipinski definition) is 2. The van der Waals surface area contributed by atoms with Crippen LogP contribution < -0.4 is 5.73 Å². The molecule has 2 N–H and O–H groups in total. The molecule has 0 unspecified atom stereocenters. The summed E-state index contributed by atoms with van der Waals surface area (Å²) in [6, 6.07) is 5.46. The third kappa shape index (κ3) is 5.16. The Labute approximate surface area is 116 Å². The van der Waals surface area contributed by atoms with Crippen LogP contribution in [0.4, 0.5) is 13.2 Å². The lowest BCUT2D eigenvalue weighted by atomic mass is 10.1. The van der Waals surface area contributed by atoms with Crippen molar-refractivity contribution >= 4 is 17.2 Å². The minimum atomic E-state index is -4.32. The van der Waals surface area contributed by atoms with Gasteiger partial charge in [-0.2, -0.15) is 13.2 Å². The van der Waals surface area contributed by atoms with Crippen molar-refractivity contribution in [2.75, 3.05) is 6.54 Å². The van der Waals surface area contributed by atoms with E-state index >= 15 is 0 Å². The summed E-state index contributed by atoms with van der Waals surface area (Å²) in [7, 11) is 0. The first-order valence-corrected chi connectivity index (χ1v) is 6.29. The van der Waals surface area contributed by atoms with E-state index in [-0.39, 0.29) is 6.04 Å². The van der Waals surface area contributed by atoms with Crippen LogP contribution in [0.25, 0.3) is 0 Å². The number of alkyl halides is 3. The quantitative estimate of drug-likeness (QED) is 0.844. The highest BCUT2D eigenvalue weighted by molar-refractivity contribution is 7.80. The molecule has 2 nitrogen and oxygen atoms in total. The highest BCUT2D eigenvalue weighted by Crippen LogP contribution is 2.29. The Morgan fingerprint density at radius 3 is 2.47 bits per heavy atom. The average molecular weight is 290 g/mol. The molecule has 0 aliphatic carbocycles. The molecule has 1 aromatic carbocycles. The number of nitrogens with two attached hydrogens (primary N) is 1. The van der Waals surface area contributed by atoms with Crippen molar-refractivity contribution in [3.8, 4) is 0 Å². The number of hydrogen-bond donors (Lipinski definition) is 1. The van der Waals surface area contributed by atoms with Gasteiger partial charge in [-0.05, 0) is 25.5 Å². The Balaban J connectivity index is 2.88. The van der Waals surface area contributed by atoms with Crippen molar-refractivity contribution in [2.45, 2.75) is 32.6 Å². The zero-order chi connectivity index (χ0) is 14.6. The molecule has 0 spiro atoms. The zero-order valence-electron chi connectivity index (χ0n) is 10.9. The minimum absolute atomic E-state index is 0.149. The van der Waals surface area contributed by atoms with Crippen molar-refractivity contribution in [1.82, 2.24) is 4.90 Å². The van der Waals surface area contributed by atoms with Crippen LogP contribution in [0.2, 0.25) is 0 Å². The molecule has 0 fully saturated rings. The van der Waals surface area contributed by atoms with Crippen LogP contribution in [-0.4, -0.2) is 22.5 Å². The number of halogens is 3. The highest BCUT2D eigenvalue weighted by Gasteiger charge is 2.30. The van der Waals surface area contributed by atoms with E-state index in [1.54, 1.807) is 6.07 Å². The predicted octanol–water partition coefficient (Wildman–Crippen LogP) is 3.20. The minimum Gasteiger partial charge on any atom is -0.392 e. The maximum atomic E-state index is 12.6. The fourth-order valence-corrected chi connectivity index (χ4v) is 1.87. The third-order valence-corrected chi connectivity index (χ3v) is 2.86. The van der Waals surface area contributed by atoms with Crippen molar-refractivity contribution in [3.05, 3.63) is 35.4 Å². The Bertz CT molecular complexity index is 444. The van der Waals surface area contributed by atoms with Gasteiger partial charge in [0.2, 0.25) is 0 Å². The van der Waals surface area contributed by atoms with Crippen molar-refractivity contribution in [3.63, 3.8) is 0 Å². The SMILES string of the molecule is CC(C)N(CC(N)=S)Cc1cccc(C(F)(F)F)c1. The second-order valence-corrected chi connectivity index (χ2v) is 5.19. The van der Waals surface area contributed by atoms with Crippen LogP contribution in [0, 0.1) is 0 Å². The highest BCUT2D eigenvalue weighted by atomic mass is 32.1. The lowest BCUT2D eigenvalue weighted by molar-refractivity contribution is -0.137. The lowest BCUT2D eigenvalue weighted by Crippen LogP contribution is -2.37. The van der Waals surface area contributed by atoms with Crippen LogP contribution >= 0.6 is 12.2 Å². The van der Waals surface area contributed by atoms with E-state index < -0.39 is 11.7 Å². The largest absolute Gasteiger partial charge is 0.416 e. The fraction of sp³-hybridized carbons (Fsp3) is 0.462. The predicted molar refractivity (Wildman–Crippen MR) is 73.8 cm³/mol. The molecule has 0 atom stereocenters. The summed E-state index contributed by atoms with van der Waals surface area (Å²) < 4.78 is 37.9. The van der Waals surface area contributed by atoms with E-state index in [0.717, 1.165) is 12.1 Å².